The molecule has 0 bridgehead atoms. The number of hydrogen-bond donors (Lipinski definition) is 0. The third-order valence-corrected chi connectivity index (χ3v) is 6.98. The first-order valence-electron chi connectivity index (χ1n) is 9.55. The van der Waals surface area contributed by atoms with E-state index in [9.17, 15) is 0 Å². The maximum Gasteiger partial charge on any atom is 0.191 e. The van der Waals surface area contributed by atoms with E-state index in [2.05, 4.69) is 44.4 Å². The second-order valence-electron chi connectivity index (χ2n) is 6.96. The van der Waals surface area contributed by atoms with Crippen molar-refractivity contribution >= 4 is 23.1 Å². The Morgan fingerprint density at radius 2 is 2.04 bits per heavy atom. The Labute approximate surface area is 169 Å². The van der Waals surface area contributed by atoms with Gasteiger partial charge < -0.3 is 9.30 Å². The molecule has 0 spiro atoms. The number of benzene rings is 1. The zero-order chi connectivity index (χ0) is 18.5. The Morgan fingerprint density at radius 3 is 2.81 bits per heavy atom. The van der Waals surface area contributed by atoms with Gasteiger partial charge in [-0.3, -0.25) is 0 Å². The minimum atomic E-state index is 0.538. The van der Waals surface area contributed by atoms with E-state index in [1.807, 2.05) is 12.1 Å². The van der Waals surface area contributed by atoms with Crippen molar-refractivity contribution in [1.82, 2.24) is 14.8 Å². The van der Waals surface area contributed by atoms with Crippen molar-refractivity contribution < 1.29 is 4.74 Å². The summed E-state index contributed by atoms with van der Waals surface area (Å²) in [4.78, 5) is 1.35. The van der Waals surface area contributed by atoms with E-state index < -0.39 is 0 Å². The molecule has 1 aliphatic rings. The summed E-state index contributed by atoms with van der Waals surface area (Å²) in [6.07, 6.45) is 7.32. The van der Waals surface area contributed by atoms with Gasteiger partial charge in [-0.1, -0.05) is 49.2 Å². The summed E-state index contributed by atoms with van der Waals surface area (Å²) in [5.41, 5.74) is 1.25. The Hall–Kier alpha value is -1.79. The zero-order valence-corrected chi connectivity index (χ0v) is 17.3. The van der Waals surface area contributed by atoms with Gasteiger partial charge in [0, 0.05) is 23.1 Å². The standard InChI is InChI=1S/C21H25N3OS2/c1-25-18-10-5-7-16(13-18)15-27-21-23-22-20(14-19-11-6-12-26-19)24(21)17-8-3-2-4-9-17/h5-7,10-13,17H,2-4,8-9,14-15H2,1H3. The number of aromatic nitrogens is 3. The highest BCUT2D eigenvalue weighted by Gasteiger charge is 2.23. The molecule has 4 nitrogen and oxygen atoms in total. The molecule has 0 amide bonds. The summed E-state index contributed by atoms with van der Waals surface area (Å²) in [6, 6.07) is 13.1. The van der Waals surface area contributed by atoms with Gasteiger partial charge in [0.05, 0.1) is 7.11 Å². The van der Waals surface area contributed by atoms with Crippen molar-refractivity contribution in [2.45, 2.75) is 55.5 Å². The number of hydrogen-bond acceptors (Lipinski definition) is 5. The molecule has 4 rings (SSSR count). The van der Waals surface area contributed by atoms with Gasteiger partial charge in [-0.15, -0.1) is 21.5 Å². The lowest BCUT2D eigenvalue weighted by molar-refractivity contribution is 0.330. The van der Waals surface area contributed by atoms with Crippen LogP contribution in [0.25, 0.3) is 0 Å². The van der Waals surface area contributed by atoms with E-state index in [-0.39, 0.29) is 0 Å². The van der Waals surface area contributed by atoms with Crippen LogP contribution in [0, 0.1) is 0 Å². The topological polar surface area (TPSA) is 39.9 Å². The number of nitrogens with zero attached hydrogens (tertiary/aromatic N) is 3. The van der Waals surface area contributed by atoms with Crippen molar-refractivity contribution in [1.29, 1.82) is 0 Å². The fourth-order valence-corrected chi connectivity index (χ4v) is 5.38. The quantitative estimate of drug-likeness (QED) is 0.475. The van der Waals surface area contributed by atoms with Crippen molar-refractivity contribution in [3.8, 4) is 5.75 Å². The summed E-state index contributed by atoms with van der Waals surface area (Å²) in [6.45, 7) is 0. The van der Waals surface area contributed by atoms with Gasteiger partial charge in [-0.05, 0) is 42.0 Å². The highest BCUT2D eigenvalue weighted by atomic mass is 32.2. The number of methoxy groups -OCH3 is 1. The molecule has 0 atom stereocenters. The Kier molecular flexibility index (Phi) is 6.14. The fraction of sp³-hybridized carbons (Fsp3) is 0.429. The molecule has 27 heavy (non-hydrogen) atoms. The molecule has 1 fully saturated rings. The van der Waals surface area contributed by atoms with Crippen molar-refractivity contribution in [2.75, 3.05) is 7.11 Å². The number of rotatable bonds is 7. The van der Waals surface area contributed by atoms with Crippen LogP contribution in [0.5, 0.6) is 5.75 Å². The first kappa shape index (κ1) is 18.6. The smallest absolute Gasteiger partial charge is 0.191 e. The molecule has 1 aliphatic carbocycles. The zero-order valence-electron chi connectivity index (χ0n) is 15.6. The van der Waals surface area contributed by atoms with Crippen LogP contribution in [0.15, 0.2) is 46.9 Å². The molecule has 142 valence electrons. The molecule has 2 heterocycles. The lowest BCUT2D eigenvalue weighted by atomic mass is 9.95. The second kappa shape index (κ2) is 8.93. The van der Waals surface area contributed by atoms with Gasteiger partial charge in [0.2, 0.25) is 0 Å². The predicted molar refractivity (Wildman–Crippen MR) is 112 cm³/mol. The Morgan fingerprint density at radius 1 is 1.15 bits per heavy atom. The SMILES string of the molecule is COc1cccc(CSc2nnc(Cc3cccs3)n2C2CCCCC2)c1. The van der Waals surface area contributed by atoms with Crippen LogP contribution in [0.1, 0.15) is 54.4 Å². The molecule has 0 N–H and O–H groups in total. The van der Waals surface area contributed by atoms with Gasteiger partial charge in [0.25, 0.3) is 0 Å². The van der Waals surface area contributed by atoms with Crippen LogP contribution in [0.3, 0.4) is 0 Å². The molecule has 0 saturated heterocycles. The second-order valence-corrected chi connectivity index (χ2v) is 8.93. The fourth-order valence-electron chi connectivity index (χ4n) is 3.71. The monoisotopic (exact) mass is 399 g/mol. The molecule has 2 aromatic heterocycles. The number of thioether (sulfide) groups is 1. The first-order chi connectivity index (χ1) is 13.3. The van der Waals surface area contributed by atoms with E-state index in [4.69, 9.17) is 4.74 Å². The van der Waals surface area contributed by atoms with Crippen LogP contribution in [0.4, 0.5) is 0 Å². The number of ether oxygens (including phenoxy) is 1. The van der Waals surface area contributed by atoms with E-state index in [1.54, 1.807) is 30.2 Å². The third-order valence-electron chi connectivity index (χ3n) is 5.09. The molecule has 1 aromatic carbocycles. The molecule has 0 radical (unpaired) electrons. The lowest BCUT2D eigenvalue weighted by Gasteiger charge is -2.25. The Balaban J connectivity index is 1.56. The van der Waals surface area contributed by atoms with Crippen LogP contribution < -0.4 is 4.74 Å². The first-order valence-corrected chi connectivity index (χ1v) is 11.4. The predicted octanol–water partition coefficient (Wildman–Crippen LogP) is 5.74. The van der Waals surface area contributed by atoms with Crippen LogP contribution in [0.2, 0.25) is 0 Å². The lowest BCUT2D eigenvalue weighted by Crippen LogP contribution is -2.16. The van der Waals surface area contributed by atoms with Crippen LogP contribution in [-0.4, -0.2) is 21.9 Å². The average molecular weight is 400 g/mol. The molecule has 0 aliphatic heterocycles. The third kappa shape index (κ3) is 4.55. The molecular formula is C21H25N3OS2. The summed E-state index contributed by atoms with van der Waals surface area (Å²) in [5, 5.41) is 12.4. The van der Waals surface area contributed by atoms with E-state index in [0.717, 1.165) is 28.9 Å². The minimum absolute atomic E-state index is 0.538. The van der Waals surface area contributed by atoms with Crippen molar-refractivity contribution in [2.24, 2.45) is 0 Å². The highest BCUT2D eigenvalue weighted by Crippen LogP contribution is 2.34. The largest absolute Gasteiger partial charge is 0.497 e. The van der Waals surface area contributed by atoms with E-state index in [1.165, 1.54) is 42.5 Å². The van der Waals surface area contributed by atoms with Crippen LogP contribution >= 0.6 is 23.1 Å². The Bertz CT molecular complexity index is 854. The van der Waals surface area contributed by atoms with Gasteiger partial charge >= 0.3 is 0 Å². The van der Waals surface area contributed by atoms with Crippen molar-refractivity contribution in [3.05, 3.63) is 58.0 Å². The van der Waals surface area contributed by atoms with Gasteiger partial charge in [0.15, 0.2) is 5.16 Å². The van der Waals surface area contributed by atoms with Gasteiger partial charge in [-0.2, -0.15) is 0 Å². The molecule has 6 heteroatoms. The minimum Gasteiger partial charge on any atom is -0.497 e. The van der Waals surface area contributed by atoms with Crippen molar-refractivity contribution in [3.63, 3.8) is 0 Å². The van der Waals surface area contributed by atoms with Gasteiger partial charge in [-0.25, -0.2) is 0 Å². The summed E-state index contributed by atoms with van der Waals surface area (Å²) in [5.74, 6) is 2.89. The summed E-state index contributed by atoms with van der Waals surface area (Å²) >= 11 is 3.58. The molecule has 1 saturated carbocycles. The number of thiophene rings is 1. The highest BCUT2D eigenvalue weighted by molar-refractivity contribution is 7.98. The van der Waals surface area contributed by atoms with E-state index >= 15 is 0 Å². The molecule has 3 aromatic rings. The summed E-state index contributed by atoms with van der Waals surface area (Å²) < 4.78 is 7.78. The maximum absolute atomic E-state index is 5.35. The normalized spacial score (nSPS) is 15.1. The maximum atomic E-state index is 5.35. The van der Waals surface area contributed by atoms with Crippen LogP contribution in [-0.2, 0) is 12.2 Å². The summed E-state index contributed by atoms with van der Waals surface area (Å²) in [7, 11) is 1.71. The molecular weight excluding hydrogens is 374 g/mol. The molecule has 0 unspecified atom stereocenters. The van der Waals surface area contributed by atoms with E-state index in [0.29, 0.717) is 6.04 Å². The average Bonchev–Trinajstić information content (AvgIpc) is 3.37. The van der Waals surface area contributed by atoms with Gasteiger partial charge in [0.1, 0.15) is 11.6 Å².